The number of hydrogen-bond donors (Lipinski definition) is 1. The molecule has 1 aromatic heterocycles. The van der Waals surface area contributed by atoms with E-state index >= 15 is 0 Å². The molecular formula is C18H24N4OS. The van der Waals surface area contributed by atoms with Gasteiger partial charge in [0.2, 0.25) is 5.91 Å². The molecule has 6 heteroatoms. The SMILES string of the molecule is CC1CCCC(NC(=O)CSc2nncn2-c2ccccc2)C1C. The summed E-state index contributed by atoms with van der Waals surface area (Å²) >= 11 is 1.42. The highest BCUT2D eigenvalue weighted by Crippen LogP contribution is 2.29. The Morgan fingerprint density at radius 2 is 2.08 bits per heavy atom. The molecule has 1 aromatic carbocycles. The topological polar surface area (TPSA) is 59.8 Å². The van der Waals surface area contributed by atoms with E-state index in [9.17, 15) is 4.79 Å². The highest BCUT2D eigenvalue weighted by molar-refractivity contribution is 7.99. The molecule has 1 aliphatic carbocycles. The summed E-state index contributed by atoms with van der Waals surface area (Å²) in [6.07, 6.45) is 5.23. The first-order valence-corrected chi connectivity index (χ1v) is 9.51. The number of carbonyl (C=O) groups is 1. The normalized spacial score (nSPS) is 23.8. The van der Waals surface area contributed by atoms with Crippen LogP contribution in [0.1, 0.15) is 33.1 Å². The van der Waals surface area contributed by atoms with Crippen molar-refractivity contribution in [3.05, 3.63) is 36.7 Å². The molecule has 1 amide bonds. The van der Waals surface area contributed by atoms with Crippen LogP contribution in [0.2, 0.25) is 0 Å². The fraction of sp³-hybridized carbons (Fsp3) is 0.500. The Kier molecular flexibility index (Phi) is 5.56. The van der Waals surface area contributed by atoms with Crippen LogP contribution in [0.25, 0.3) is 5.69 Å². The minimum absolute atomic E-state index is 0.0774. The van der Waals surface area contributed by atoms with E-state index in [1.165, 1.54) is 24.6 Å². The number of hydrogen-bond acceptors (Lipinski definition) is 4. The van der Waals surface area contributed by atoms with Gasteiger partial charge in [-0.15, -0.1) is 10.2 Å². The quantitative estimate of drug-likeness (QED) is 0.846. The zero-order chi connectivity index (χ0) is 16.9. The summed E-state index contributed by atoms with van der Waals surface area (Å²) in [6.45, 7) is 4.52. The molecule has 1 heterocycles. The van der Waals surface area contributed by atoms with Gasteiger partial charge < -0.3 is 5.32 Å². The molecule has 0 radical (unpaired) electrons. The number of benzene rings is 1. The third-order valence-electron chi connectivity index (χ3n) is 4.94. The van der Waals surface area contributed by atoms with Gasteiger partial charge in [-0.25, -0.2) is 0 Å². The lowest BCUT2D eigenvalue weighted by molar-refractivity contribution is -0.120. The minimum Gasteiger partial charge on any atom is -0.352 e. The van der Waals surface area contributed by atoms with E-state index in [1.807, 2.05) is 34.9 Å². The Bertz CT molecular complexity index is 673. The van der Waals surface area contributed by atoms with Crippen LogP contribution in [0.3, 0.4) is 0 Å². The number of amides is 1. The molecule has 0 saturated heterocycles. The lowest BCUT2D eigenvalue weighted by atomic mass is 9.78. The Morgan fingerprint density at radius 3 is 2.88 bits per heavy atom. The number of aromatic nitrogens is 3. The second kappa shape index (κ2) is 7.83. The monoisotopic (exact) mass is 344 g/mol. The van der Waals surface area contributed by atoms with Crippen LogP contribution in [0.4, 0.5) is 0 Å². The van der Waals surface area contributed by atoms with Crippen LogP contribution in [0.5, 0.6) is 0 Å². The molecule has 0 spiro atoms. The molecule has 1 saturated carbocycles. The van der Waals surface area contributed by atoms with E-state index in [0.29, 0.717) is 23.6 Å². The Hall–Kier alpha value is -1.82. The zero-order valence-corrected chi connectivity index (χ0v) is 15.0. The molecule has 24 heavy (non-hydrogen) atoms. The van der Waals surface area contributed by atoms with Crippen molar-refractivity contribution in [2.45, 2.75) is 44.3 Å². The van der Waals surface area contributed by atoms with Gasteiger partial charge in [0.05, 0.1) is 5.75 Å². The average molecular weight is 344 g/mol. The molecule has 0 bridgehead atoms. The van der Waals surface area contributed by atoms with Gasteiger partial charge in [0, 0.05) is 11.7 Å². The fourth-order valence-corrected chi connectivity index (χ4v) is 3.99. The number of nitrogens with zero attached hydrogens (tertiary/aromatic N) is 3. The molecule has 3 atom stereocenters. The summed E-state index contributed by atoms with van der Waals surface area (Å²) in [5.74, 6) is 1.66. The minimum atomic E-state index is 0.0774. The van der Waals surface area contributed by atoms with Crippen molar-refractivity contribution in [3.63, 3.8) is 0 Å². The summed E-state index contributed by atoms with van der Waals surface area (Å²) in [6, 6.07) is 10.2. The van der Waals surface area contributed by atoms with Gasteiger partial charge in [0.25, 0.3) is 0 Å². The smallest absolute Gasteiger partial charge is 0.230 e. The third kappa shape index (κ3) is 3.98. The summed E-state index contributed by atoms with van der Waals surface area (Å²) in [4.78, 5) is 12.3. The lowest BCUT2D eigenvalue weighted by Crippen LogP contribution is -2.44. The van der Waals surface area contributed by atoms with Gasteiger partial charge in [-0.05, 0) is 30.4 Å². The van der Waals surface area contributed by atoms with Crippen molar-refractivity contribution < 1.29 is 4.79 Å². The first-order valence-electron chi connectivity index (χ1n) is 8.52. The molecule has 3 rings (SSSR count). The summed E-state index contributed by atoms with van der Waals surface area (Å²) in [7, 11) is 0. The Morgan fingerprint density at radius 1 is 1.29 bits per heavy atom. The van der Waals surface area contributed by atoms with E-state index in [-0.39, 0.29) is 5.91 Å². The second-order valence-corrected chi connectivity index (χ2v) is 7.49. The molecule has 0 aliphatic heterocycles. The van der Waals surface area contributed by atoms with E-state index in [1.54, 1.807) is 6.33 Å². The number of para-hydroxylation sites is 1. The Labute approximate surface area is 147 Å². The third-order valence-corrected chi connectivity index (χ3v) is 5.88. The predicted octanol–water partition coefficient (Wildman–Crippen LogP) is 3.30. The first kappa shape index (κ1) is 17.0. The Balaban J connectivity index is 1.57. The molecule has 1 fully saturated rings. The number of thioether (sulfide) groups is 1. The van der Waals surface area contributed by atoms with Gasteiger partial charge in [0.15, 0.2) is 5.16 Å². The largest absolute Gasteiger partial charge is 0.352 e. The molecule has 3 unspecified atom stereocenters. The van der Waals surface area contributed by atoms with Crippen LogP contribution >= 0.6 is 11.8 Å². The number of nitrogens with one attached hydrogen (secondary N) is 1. The van der Waals surface area contributed by atoms with E-state index in [4.69, 9.17) is 0 Å². The number of rotatable bonds is 5. The number of carbonyl (C=O) groups excluding carboxylic acids is 1. The van der Waals surface area contributed by atoms with Crippen molar-refractivity contribution in [2.75, 3.05) is 5.75 Å². The van der Waals surface area contributed by atoms with Crippen LogP contribution in [0, 0.1) is 11.8 Å². The molecule has 1 aliphatic rings. The van der Waals surface area contributed by atoms with E-state index < -0.39 is 0 Å². The van der Waals surface area contributed by atoms with E-state index in [2.05, 4.69) is 29.4 Å². The maximum atomic E-state index is 12.3. The van der Waals surface area contributed by atoms with Crippen LogP contribution in [-0.2, 0) is 4.79 Å². The van der Waals surface area contributed by atoms with Crippen molar-refractivity contribution in [2.24, 2.45) is 11.8 Å². The van der Waals surface area contributed by atoms with Crippen molar-refractivity contribution >= 4 is 17.7 Å². The van der Waals surface area contributed by atoms with Crippen molar-refractivity contribution in [3.8, 4) is 5.69 Å². The molecule has 2 aromatic rings. The summed E-state index contributed by atoms with van der Waals surface area (Å²) in [5, 5.41) is 12.0. The highest BCUT2D eigenvalue weighted by Gasteiger charge is 2.28. The van der Waals surface area contributed by atoms with Crippen molar-refractivity contribution in [1.82, 2.24) is 20.1 Å². The molecular weight excluding hydrogens is 320 g/mol. The van der Waals surface area contributed by atoms with Crippen LogP contribution in [-0.4, -0.2) is 32.5 Å². The van der Waals surface area contributed by atoms with Gasteiger partial charge in [-0.3, -0.25) is 9.36 Å². The highest BCUT2D eigenvalue weighted by atomic mass is 32.2. The van der Waals surface area contributed by atoms with Crippen LogP contribution < -0.4 is 5.32 Å². The summed E-state index contributed by atoms with van der Waals surface area (Å²) < 4.78 is 1.91. The fourth-order valence-electron chi connectivity index (χ4n) is 3.25. The van der Waals surface area contributed by atoms with Crippen molar-refractivity contribution in [1.29, 1.82) is 0 Å². The maximum absolute atomic E-state index is 12.3. The molecule has 128 valence electrons. The standard InChI is InChI=1S/C18H24N4OS/c1-13-7-6-10-16(14(13)2)20-17(23)11-24-18-21-19-12-22(18)15-8-4-3-5-9-15/h3-5,8-9,12-14,16H,6-7,10-11H2,1-2H3,(H,20,23). The van der Waals surface area contributed by atoms with Gasteiger partial charge in [-0.2, -0.15) is 0 Å². The van der Waals surface area contributed by atoms with Gasteiger partial charge >= 0.3 is 0 Å². The zero-order valence-electron chi connectivity index (χ0n) is 14.2. The van der Waals surface area contributed by atoms with E-state index in [0.717, 1.165) is 17.3 Å². The van der Waals surface area contributed by atoms with Gasteiger partial charge in [0.1, 0.15) is 6.33 Å². The average Bonchev–Trinajstić information content (AvgIpc) is 3.06. The molecule has 5 nitrogen and oxygen atoms in total. The predicted molar refractivity (Wildman–Crippen MR) is 96.2 cm³/mol. The maximum Gasteiger partial charge on any atom is 0.230 e. The van der Waals surface area contributed by atoms with Crippen LogP contribution in [0.15, 0.2) is 41.8 Å². The lowest BCUT2D eigenvalue weighted by Gasteiger charge is -2.34. The second-order valence-electron chi connectivity index (χ2n) is 6.55. The molecule has 1 N–H and O–H groups in total. The first-order chi connectivity index (χ1) is 11.6. The van der Waals surface area contributed by atoms with Gasteiger partial charge in [-0.1, -0.05) is 56.7 Å². The summed E-state index contributed by atoms with van der Waals surface area (Å²) in [5.41, 5.74) is 1.00.